The number of imidazole rings is 1. The van der Waals surface area contributed by atoms with E-state index in [1.165, 1.54) is 18.3 Å². The van der Waals surface area contributed by atoms with Gasteiger partial charge in [0.1, 0.15) is 0 Å². The van der Waals surface area contributed by atoms with Gasteiger partial charge < -0.3 is 0 Å². The summed E-state index contributed by atoms with van der Waals surface area (Å²) < 4.78 is 37.7. The third kappa shape index (κ3) is 5.96. The molecule has 7 heteroatoms. The molecule has 0 unspecified atom stereocenters. The van der Waals surface area contributed by atoms with Crippen LogP contribution in [-0.2, 0) is 32.3 Å². The Morgan fingerprint density at radius 1 is 0.608 bits per heavy atom. The summed E-state index contributed by atoms with van der Waals surface area (Å²) in [5.41, 5.74) is 8.06. The number of halogens is 2. The van der Waals surface area contributed by atoms with Crippen LogP contribution in [0.25, 0.3) is 39.0 Å². The van der Waals surface area contributed by atoms with Gasteiger partial charge in [-0.25, -0.2) is 0 Å². The van der Waals surface area contributed by atoms with E-state index in [9.17, 15) is 0 Å². The van der Waals surface area contributed by atoms with E-state index < -0.39 is 5.92 Å². The van der Waals surface area contributed by atoms with Gasteiger partial charge >= 0.3 is 289 Å². The molecule has 0 spiro atoms. The van der Waals surface area contributed by atoms with Crippen LogP contribution in [0.5, 0.6) is 0 Å². The van der Waals surface area contributed by atoms with Crippen LogP contribution in [0.4, 0.5) is 25.8 Å². The van der Waals surface area contributed by atoms with E-state index in [1.54, 1.807) is 18.2 Å². The Morgan fingerprint density at radius 2 is 1.18 bits per heavy atom. The molecule has 0 amide bonds. The summed E-state index contributed by atoms with van der Waals surface area (Å²) in [5, 5.41) is 0. The maximum atomic E-state index is 16.2. The zero-order chi connectivity index (χ0) is 35.0. The molecule has 0 saturated carbocycles. The second-order valence-electron chi connectivity index (χ2n) is 12.1. The molecule has 0 bridgehead atoms. The van der Waals surface area contributed by atoms with Gasteiger partial charge in [0.15, 0.2) is 0 Å². The molecule has 0 aliphatic heterocycles. The first-order chi connectivity index (χ1) is 24.9. The molecule has 0 aliphatic rings. The minimum atomic E-state index is -3.38. The molecule has 0 fully saturated rings. The van der Waals surface area contributed by atoms with Crippen molar-refractivity contribution in [3.63, 3.8) is 0 Å². The van der Waals surface area contributed by atoms with Crippen LogP contribution in [0.1, 0.15) is 11.3 Å². The standard InChI is InChI=1S/C44H30F2N4.Pt/c1-48-31-49(41-26-9-8-25-40(41)48)35-20-13-22-37(30-35)50(36-21-12-19-34(29-36)44(45,46)42-27-10-11-28-47-42)43-38(32-15-4-2-5-16-32)23-14-24-39(43)33-17-6-3-7-18-33;/h2-28H,1H3;/q-2;. The van der Waals surface area contributed by atoms with Crippen molar-refractivity contribution in [2.75, 3.05) is 4.90 Å². The van der Waals surface area contributed by atoms with Gasteiger partial charge in [0.25, 0.3) is 0 Å². The molecule has 4 nitrogen and oxygen atoms in total. The summed E-state index contributed by atoms with van der Waals surface area (Å²) in [6.45, 7) is 0. The number of alkyl halides is 2. The van der Waals surface area contributed by atoms with Crippen molar-refractivity contribution in [3.05, 3.63) is 191 Å². The van der Waals surface area contributed by atoms with Crippen molar-refractivity contribution in [3.8, 4) is 27.9 Å². The Balaban J connectivity index is 1.42. The number of para-hydroxylation sites is 3. The monoisotopic (exact) mass is 847 g/mol. The van der Waals surface area contributed by atoms with Gasteiger partial charge in [0.2, 0.25) is 0 Å². The zero-order valence-electron chi connectivity index (χ0n) is 27.4. The van der Waals surface area contributed by atoms with E-state index in [0.29, 0.717) is 11.4 Å². The van der Waals surface area contributed by atoms with Crippen LogP contribution >= 0.6 is 0 Å². The van der Waals surface area contributed by atoms with Gasteiger partial charge in [0.05, 0.1) is 0 Å². The number of aromatic nitrogens is 3. The summed E-state index contributed by atoms with van der Waals surface area (Å²) in [4.78, 5) is 6.02. The first-order valence-electron chi connectivity index (χ1n) is 16.4. The Kier molecular flexibility index (Phi) is 8.63. The maximum absolute atomic E-state index is 16.2. The summed E-state index contributed by atoms with van der Waals surface area (Å²) in [6.07, 6.45) is 1.38. The fourth-order valence-electron chi connectivity index (χ4n) is 6.51. The Hall–Kier alpha value is -5.71. The summed E-state index contributed by atoms with van der Waals surface area (Å²) in [7, 11) is 2.04. The second kappa shape index (κ2) is 13.5. The molecule has 6 aromatic carbocycles. The molecule has 8 rings (SSSR count). The molecule has 0 saturated heterocycles. The van der Waals surface area contributed by atoms with Gasteiger partial charge in [-0.2, -0.15) is 0 Å². The Morgan fingerprint density at radius 3 is 1.82 bits per heavy atom. The SMILES string of the molecule is Cn1[c](=[Pt])n(-c2[c-]c(N(c3[c-]c(C(F)(F)c4ccccn4)ccc3)c3c(-c4ccccc4)cccc3-c3ccccc3)ccc2)c2ccccc21. The summed E-state index contributed by atoms with van der Waals surface area (Å²) >= 11 is 2.33. The van der Waals surface area contributed by atoms with Crippen molar-refractivity contribution in [2.24, 2.45) is 7.05 Å². The van der Waals surface area contributed by atoms with Gasteiger partial charge in [-0.1, -0.05) is 6.07 Å². The average molecular weight is 848 g/mol. The fourth-order valence-corrected chi connectivity index (χ4v) is 7.33. The molecule has 0 atom stereocenters. The van der Waals surface area contributed by atoms with E-state index in [4.69, 9.17) is 0 Å². The molecule has 252 valence electrons. The van der Waals surface area contributed by atoms with E-state index >= 15 is 8.78 Å². The van der Waals surface area contributed by atoms with Crippen molar-refractivity contribution in [1.29, 1.82) is 0 Å². The average Bonchev–Trinajstić information content (AvgIpc) is 3.45. The molecule has 0 N–H and O–H groups in total. The summed E-state index contributed by atoms with van der Waals surface area (Å²) in [5.74, 6) is -3.38. The van der Waals surface area contributed by atoms with E-state index in [2.05, 4.69) is 94.1 Å². The van der Waals surface area contributed by atoms with Gasteiger partial charge in [-0.15, -0.1) is 0 Å². The second-order valence-corrected chi connectivity index (χ2v) is 13.1. The van der Waals surface area contributed by atoms with Crippen molar-refractivity contribution in [1.82, 2.24) is 14.1 Å². The fraction of sp³-hybridized carbons (Fsp3) is 0.0455. The number of hydrogen-bond donors (Lipinski definition) is 0. The number of hydrogen-bond acceptors (Lipinski definition) is 2. The minimum absolute atomic E-state index is 0.281. The predicted molar refractivity (Wildman–Crippen MR) is 196 cm³/mol. The Labute approximate surface area is 305 Å². The molecule has 2 heterocycles. The number of benzene rings is 6. The third-order valence-electron chi connectivity index (χ3n) is 8.93. The van der Waals surface area contributed by atoms with E-state index in [0.717, 1.165) is 48.5 Å². The number of pyridine rings is 1. The topological polar surface area (TPSA) is 26.0 Å². The van der Waals surface area contributed by atoms with E-state index in [-0.39, 0.29) is 11.3 Å². The van der Waals surface area contributed by atoms with Crippen molar-refractivity contribution < 1.29 is 28.1 Å². The van der Waals surface area contributed by atoms with Gasteiger partial charge in [0, 0.05) is 6.20 Å². The van der Waals surface area contributed by atoms with Crippen LogP contribution in [-0.4, -0.2) is 14.1 Å². The van der Waals surface area contributed by atoms with Crippen LogP contribution < -0.4 is 4.90 Å². The van der Waals surface area contributed by atoms with E-state index in [1.807, 2.05) is 90.8 Å². The van der Waals surface area contributed by atoms with Crippen LogP contribution in [0, 0.1) is 15.9 Å². The van der Waals surface area contributed by atoms with Crippen molar-refractivity contribution in [2.45, 2.75) is 5.92 Å². The molecule has 0 radical (unpaired) electrons. The number of nitrogens with zero attached hydrogens (tertiary/aromatic N) is 4. The molecule has 2 aromatic heterocycles. The molecule has 51 heavy (non-hydrogen) atoms. The van der Waals surface area contributed by atoms with Gasteiger partial charge in [-0.3, -0.25) is 0 Å². The number of aryl methyl sites for hydroxylation is 1. The number of rotatable bonds is 8. The number of fused-ring (bicyclic) bond motifs is 1. The zero-order valence-corrected chi connectivity index (χ0v) is 29.7. The summed E-state index contributed by atoms with van der Waals surface area (Å²) in [6, 6.07) is 56.9. The van der Waals surface area contributed by atoms with Crippen molar-refractivity contribution >= 4 is 28.1 Å². The van der Waals surface area contributed by atoms with Crippen LogP contribution in [0.15, 0.2) is 164 Å². The third-order valence-corrected chi connectivity index (χ3v) is 10.2. The van der Waals surface area contributed by atoms with Crippen LogP contribution in [0.3, 0.4) is 0 Å². The number of anilines is 3. The quantitative estimate of drug-likeness (QED) is 0.142. The molecule has 0 aliphatic carbocycles. The Bertz CT molecular complexity index is 2490. The molecule has 8 aromatic rings. The first kappa shape index (κ1) is 32.5. The molecular formula is C44H30F2N4Pt-2. The molecular weight excluding hydrogens is 818 g/mol. The predicted octanol–water partition coefficient (Wildman–Crippen LogP) is 11.0. The first-order valence-corrected chi connectivity index (χ1v) is 17.6. The van der Waals surface area contributed by atoms with Gasteiger partial charge in [-0.05, 0) is 6.07 Å². The normalized spacial score (nSPS) is 11.5. The van der Waals surface area contributed by atoms with Crippen LogP contribution in [0.2, 0.25) is 0 Å².